The fourth-order valence-corrected chi connectivity index (χ4v) is 2.60. The zero-order chi connectivity index (χ0) is 17.6. The van der Waals surface area contributed by atoms with Crippen molar-refractivity contribution < 1.29 is 9.84 Å². The van der Waals surface area contributed by atoms with Crippen LogP contribution in [0, 0.1) is 6.92 Å². The van der Waals surface area contributed by atoms with Crippen molar-refractivity contribution in [2.24, 2.45) is 0 Å². The van der Waals surface area contributed by atoms with Crippen molar-refractivity contribution in [3.8, 4) is 0 Å². The van der Waals surface area contributed by atoms with E-state index in [1.807, 2.05) is 40.9 Å². The number of ether oxygens (including phenoxy) is 1. The van der Waals surface area contributed by atoms with E-state index >= 15 is 0 Å². The fourth-order valence-electron chi connectivity index (χ4n) is 2.60. The molecule has 132 valence electrons. The summed E-state index contributed by atoms with van der Waals surface area (Å²) in [5.74, 6) is 0. The minimum atomic E-state index is -0.835. The SMILES string of the molecule is CC.Cc1ccc(N2CCOC(C(C)(C)O)C2)c(CN(C)C)n1. The number of aryl methyl sites for hydroxylation is 1. The Morgan fingerprint density at radius 1 is 1.35 bits per heavy atom. The van der Waals surface area contributed by atoms with Gasteiger partial charge < -0.3 is 19.6 Å². The second-order valence-electron chi connectivity index (χ2n) is 6.62. The average Bonchev–Trinajstić information content (AvgIpc) is 2.48. The van der Waals surface area contributed by atoms with Crippen molar-refractivity contribution in [3.05, 3.63) is 23.5 Å². The van der Waals surface area contributed by atoms with Gasteiger partial charge in [0.05, 0.1) is 23.6 Å². The second kappa shape index (κ2) is 8.62. The first-order chi connectivity index (χ1) is 10.8. The number of anilines is 1. The zero-order valence-electron chi connectivity index (χ0n) is 15.8. The molecule has 0 spiro atoms. The molecule has 23 heavy (non-hydrogen) atoms. The number of hydrogen-bond acceptors (Lipinski definition) is 5. The molecule has 5 nitrogen and oxygen atoms in total. The summed E-state index contributed by atoms with van der Waals surface area (Å²) < 4.78 is 5.72. The molecule has 1 unspecified atom stereocenters. The normalized spacial score (nSPS) is 18.7. The number of nitrogens with zero attached hydrogens (tertiary/aromatic N) is 3. The molecular formula is C18H33N3O2. The van der Waals surface area contributed by atoms with Crippen LogP contribution in [0.15, 0.2) is 12.1 Å². The minimum absolute atomic E-state index is 0.181. The first-order valence-electron chi connectivity index (χ1n) is 8.47. The largest absolute Gasteiger partial charge is 0.388 e. The molecule has 0 radical (unpaired) electrons. The van der Waals surface area contributed by atoms with Crippen LogP contribution < -0.4 is 4.90 Å². The van der Waals surface area contributed by atoms with E-state index in [4.69, 9.17) is 4.74 Å². The van der Waals surface area contributed by atoms with Crippen molar-refractivity contribution >= 4 is 5.69 Å². The lowest BCUT2D eigenvalue weighted by molar-refractivity contribution is -0.0928. The molecule has 1 saturated heterocycles. The molecule has 1 N–H and O–H groups in total. The lowest BCUT2D eigenvalue weighted by Crippen LogP contribution is -2.52. The van der Waals surface area contributed by atoms with Crippen LogP contribution in [0.25, 0.3) is 0 Å². The van der Waals surface area contributed by atoms with E-state index in [0.717, 1.165) is 30.2 Å². The van der Waals surface area contributed by atoms with Crippen LogP contribution in [0.3, 0.4) is 0 Å². The smallest absolute Gasteiger partial charge is 0.103 e. The van der Waals surface area contributed by atoms with Crippen LogP contribution in [0.2, 0.25) is 0 Å². The molecular weight excluding hydrogens is 290 g/mol. The van der Waals surface area contributed by atoms with Gasteiger partial charge in [0.2, 0.25) is 0 Å². The van der Waals surface area contributed by atoms with Crippen molar-refractivity contribution in [1.82, 2.24) is 9.88 Å². The van der Waals surface area contributed by atoms with Crippen molar-refractivity contribution in [1.29, 1.82) is 0 Å². The van der Waals surface area contributed by atoms with Gasteiger partial charge in [0.15, 0.2) is 0 Å². The summed E-state index contributed by atoms with van der Waals surface area (Å²) in [6.45, 7) is 12.6. The molecule has 5 heteroatoms. The van der Waals surface area contributed by atoms with Crippen molar-refractivity contribution in [2.45, 2.75) is 52.9 Å². The third kappa shape index (κ3) is 5.75. The number of rotatable bonds is 4. The van der Waals surface area contributed by atoms with Crippen molar-refractivity contribution in [3.63, 3.8) is 0 Å². The molecule has 1 aromatic heterocycles. The van der Waals surface area contributed by atoms with Gasteiger partial charge in [-0.3, -0.25) is 4.98 Å². The second-order valence-corrected chi connectivity index (χ2v) is 6.62. The van der Waals surface area contributed by atoms with Crippen molar-refractivity contribution in [2.75, 3.05) is 38.7 Å². The Bertz CT molecular complexity index is 484. The molecule has 0 amide bonds. The van der Waals surface area contributed by atoms with Crippen LogP contribution in [0.1, 0.15) is 39.1 Å². The molecule has 2 heterocycles. The van der Waals surface area contributed by atoms with Gasteiger partial charge in [-0.25, -0.2) is 0 Å². The molecule has 2 rings (SSSR count). The highest BCUT2D eigenvalue weighted by Gasteiger charge is 2.33. The third-order valence-corrected chi connectivity index (χ3v) is 3.75. The monoisotopic (exact) mass is 323 g/mol. The van der Waals surface area contributed by atoms with Gasteiger partial charge in [-0.2, -0.15) is 0 Å². The molecule has 1 aliphatic heterocycles. The summed E-state index contributed by atoms with van der Waals surface area (Å²) in [6.07, 6.45) is -0.181. The van der Waals surface area contributed by atoms with Gasteiger partial charge in [-0.1, -0.05) is 13.8 Å². The Morgan fingerprint density at radius 3 is 2.57 bits per heavy atom. The first kappa shape index (κ1) is 19.9. The fraction of sp³-hybridized carbons (Fsp3) is 0.722. The molecule has 1 atom stereocenters. The summed E-state index contributed by atoms with van der Waals surface area (Å²) >= 11 is 0. The highest BCUT2D eigenvalue weighted by Crippen LogP contribution is 2.25. The Balaban J connectivity index is 0.00000127. The predicted octanol–water partition coefficient (Wildman–Crippen LogP) is 2.45. The van der Waals surface area contributed by atoms with E-state index in [-0.39, 0.29) is 6.10 Å². The summed E-state index contributed by atoms with van der Waals surface area (Å²) in [5.41, 5.74) is 2.42. The third-order valence-electron chi connectivity index (χ3n) is 3.75. The average molecular weight is 323 g/mol. The highest BCUT2D eigenvalue weighted by atomic mass is 16.5. The molecule has 1 fully saturated rings. The topological polar surface area (TPSA) is 48.8 Å². The van der Waals surface area contributed by atoms with Gasteiger partial charge >= 0.3 is 0 Å². The molecule has 0 aromatic carbocycles. The Kier molecular flexibility index (Phi) is 7.45. The van der Waals surface area contributed by atoms with Gasteiger partial charge in [-0.05, 0) is 47.0 Å². The summed E-state index contributed by atoms with van der Waals surface area (Å²) in [4.78, 5) is 9.09. The Hall–Kier alpha value is -1.17. The molecule has 0 bridgehead atoms. The molecule has 1 aromatic rings. The van der Waals surface area contributed by atoms with Gasteiger partial charge in [-0.15, -0.1) is 0 Å². The Morgan fingerprint density at radius 2 is 2.00 bits per heavy atom. The predicted molar refractivity (Wildman–Crippen MR) is 96.0 cm³/mol. The maximum Gasteiger partial charge on any atom is 0.103 e. The number of morpholine rings is 1. The van der Waals surface area contributed by atoms with E-state index in [0.29, 0.717) is 13.2 Å². The maximum absolute atomic E-state index is 10.2. The number of hydrogen-bond donors (Lipinski definition) is 1. The lowest BCUT2D eigenvalue weighted by Gasteiger charge is -2.40. The number of aliphatic hydroxyl groups is 1. The standard InChI is InChI=1S/C16H27N3O2.C2H6/c1-12-6-7-14(13(17-12)10-18(4)5)19-8-9-21-15(11-19)16(2,3)20;1-2/h6-7,15,20H,8-11H2,1-5H3;1-2H3. The quantitative estimate of drug-likeness (QED) is 0.922. The Labute approximate surface area is 141 Å². The van der Waals surface area contributed by atoms with Gasteiger partial charge in [0.25, 0.3) is 0 Å². The zero-order valence-corrected chi connectivity index (χ0v) is 15.8. The minimum Gasteiger partial charge on any atom is -0.388 e. The van der Waals surface area contributed by atoms with Gasteiger partial charge in [0.1, 0.15) is 6.10 Å². The van der Waals surface area contributed by atoms with Crippen LogP contribution in [0.5, 0.6) is 0 Å². The molecule has 0 aliphatic carbocycles. The first-order valence-corrected chi connectivity index (χ1v) is 8.47. The van der Waals surface area contributed by atoms with Crippen LogP contribution >= 0.6 is 0 Å². The number of aromatic nitrogens is 1. The summed E-state index contributed by atoms with van der Waals surface area (Å²) in [5, 5.41) is 10.2. The lowest BCUT2D eigenvalue weighted by atomic mass is 10.00. The van der Waals surface area contributed by atoms with Crippen LogP contribution in [-0.2, 0) is 11.3 Å². The summed E-state index contributed by atoms with van der Waals surface area (Å²) in [7, 11) is 4.10. The van der Waals surface area contributed by atoms with E-state index in [9.17, 15) is 5.11 Å². The van der Waals surface area contributed by atoms with E-state index in [1.165, 1.54) is 0 Å². The molecule has 0 saturated carbocycles. The summed E-state index contributed by atoms with van der Waals surface area (Å²) in [6, 6.07) is 4.18. The molecule has 1 aliphatic rings. The van der Waals surface area contributed by atoms with E-state index in [2.05, 4.69) is 20.9 Å². The van der Waals surface area contributed by atoms with E-state index in [1.54, 1.807) is 13.8 Å². The highest BCUT2D eigenvalue weighted by molar-refractivity contribution is 5.51. The van der Waals surface area contributed by atoms with E-state index < -0.39 is 5.60 Å². The van der Waals surface area contributed by atoms with Crippen LogP contribution in [0.4, 0.5) is 5.69 Å². The van der Waals surface area contributed by atoms with Crippen LogP contribution in [-0.4, -0.2) is 60.5 Å². The van der Waals surface area contributed by atoms with Gasteiger partial charge in [0, 0.05) is 25.3 Å². The number of pyridine rings is 1. The maximum atomic E-state index is 10.2.